The van der Waals surface area contributed by atoms with E-state index in [-0.39, 0.29) is 18.2 Å². The summed E-state index contributed by atoms with van der Waals surface area (Å²) in [5.41, 5.74) is 1.77. The molecule has 0 aliphatic rings. The van der Waals surface area contributed by atoms with Crippen LogP contribution in [0.15, 0.2) is 30.5 Å². The van der Waals surface area contributed by atoms with Crippen LogP contribution in [0.1, 0.15) is 38.1 Å². The number of nitrogens with zero attached hydrogens (tertiary/aromatic N) is 1. The zero-order chi connectivity index (χ0) is 17.5. The van der Waals surface area contributed by atoms with Gasteiger partial charge in [-0.05, 0) is 44.5 Å². The SMILES string of the molecule is COc1cc([C@@H](C)NC(=O)NCc2ccn[nH]2)ccc1OC(C)C. The summed E-state index contributed by atoms with van der Waals surface area (Å²) in [7, 11) is 1.60. The second-order valence-electron chi connectivity index (χ2n) is 5.71. The monoisotopic (exact) mass is 332 g/mol. The zero-order valence-corrected chi connectivity index (χ0v) is 14.4. The molecule has 2 amide bonds. The van der Waals surface area contributed by atoms with E-state index in [0.29, 0.717) is 18.0 Å². The van der Waals surface area contributed by atoms with E-state index in [9.17, 15) is 4.79 Å². The number of hydrogen-bond donors (Lipinski definition) is 3. The van der Waals surface area contributed by atoms with E-state index in [1.54, 1.807) is 13.3 Å². The van der Waals surface area contributed by atoms with Crippen molar-refractivity contribution in [3.05, 3.63) is 41.7 Å². The molecular formula is C17H24N4O3. The number of aromatic nitrogens is 2. The van der Waals surface area contributed by atoms with E-state index in [0.717, 1.165) is 11.3 Å². The van der Waals surface area contributed by atoms with E-state index >= 15 is 0 Å². The maximum Gasteiger partial charge on any atom is 0.315 e. The molecule has 0 unspecified atom stereocenters. The highest BCUT2D eigenvalue weighted by Gasteiger charge is 2.13. The summed E-state index contributed by atoms with van der Waals surface area (Å²) in [5, 5.41) is 12.3. The highest BCUT2D eigenvalue weighted by molar-refractivity contribution is 5.74. The van der Waals surface area contributed by atoms with Gasteiger partial charge in [-0.15, -0.1) is 0 Å². The van der Waals surface area contributed by atoms with E-state index < -0.39 is 0 Å². The number of nitrogens with one attached hydrogen (secondary N) is 3. The molecule has 2 rings (SSSR count). The van der Waals surface area contributed by atoms with Gasteiger partial charge in [0.1, 0.15) is 0 Å². The van der Waals surface area contributed by atoms with Crippen molar-refractivity contribution in [2.24, 2.45) is 0 Å². The topological polar surface area (TPSA) is 88.3 Å². The number of urea groups is 1. The molecule has 7 nitrogen and oxygen atoms in total. The molecule has 7 heteroatoms. The molecule has 0 bridgehead atoms. The standard InChI is InChI=1S/C17H24N4O3/c1-11(2)24-15-6-5-13(9-16(15)23-4)12(3)20-17(22)18-10-14-7-8-19-21-14/h5-9,11-12H,10H2,1-4H3,(H,19,21)(H2,18,20,22)/t12-/m1/s1. The highest BCUT2D eigenvalue weighted by Crippen LogP contribution is 2.31. The van der Waals surface area contributed by atoms with Crippen LogP contribution in [-0.4, -0.2) is 29.4 Å². The van der Waals surface area contributed by atoms with Gasteiger partial charge in [0.25, 0.3) is 0 Å². The predicted octanol–water partition coefficient (Wildman–Crippen LogP) is 2.77. The average molecular weight is 332 g/mol. The molecule has 0 radical (unpaired) electrons. The van der Waals surface area contributed by atoms with Gasteiger partial charge in [0.15, 0.2) is 11.5 Å². The molecule has 1 atom stereocenters. The van der Waals surface area contributed by atoms with Crippen LogP contribution in [0.4, 0.5) is 4.79 Å². The van der Waals surface area contributed by atoms with E-state index in [1.165, 1.54) is 0 Å². The quantitative estimate of drug-likeness (QED) is 0.727. The Labute approximate surface area is 141 Å². The fourth-order valence-corrected chi connectivity index (χ4v) is 2.19. The summed E-state index contributed by atoms with van der Waals surface area (Å²) in [6, 6.07) is 7.03. The molecule has 24 heavy (non-hydrogen) atoms. The lowest BCUT2D eigenvalue weighted by atomic mass is 10.1. The maximum atomic E-state index is 12.0. The van der Waals surface area contributed by atoms with Crippen molar-refractivity contribution in [1.82, 2.24) is 20.8 Å². The number of aromatic amines is 1. The third-order valence-electron chi connectivity index (χ3n) is 3.40. The summed E-state index contributed by atoms with van der Waals surface area (Å²) in [6.45, 7) is 6.22. The summed E-state index contributed by atoms with van der Waals surface area (Å²) in [5.74, 6) is 1.33. The molecule has 0 fully saturated rings. The number of hydrogen-bond acceptors (Lipinski definition) is 4. The third-order valence-corrected chi connectivity index (χ3v) is 3.40. The molecule has 130 valence electrons. The summed E-state index contributed by atoms with van der Waals surface area (Å²) in [6.07, 6.45) is 1.71. The van der Waals surface area contributed by atoms with Crippen LogP contribution >= 0.6 is 0 Å². The Kier molecular flexibility index (Phi) is 6.06. The number of methoxy groups -OCH3 is 1. The van der Waals surface area contributed by atoms with Crippen LogP contribution in [0, 0.1) is 0 Å². The molecule has 1 aromatic heterocycles. The second kappa shape index (κ2) is 8.24. The lowest BCUT2D eigenvalue weighted by Crippen LogP contribution is -2.36. The van der Waals surface area contributed by atoms with Crippen LogP contribution in [0.5, 0.6) is 11.5 Å². The largest absolute Gasteiger partial charge is 0.493 e. The van der Waals surface area contributed by atoms with Crippen molar-refractivity contribution >= 4 is 6.03 Å². The minimum absolute atomic E-state index is 0.0635. The Hall–Kier alpha value is -2.70. The number of benzene rings is 1. The fourth-order valence-electron chi connectivity index (χ4n) is 2.19. The van der Waals surface area contributed by atoms with Gasteiger partial charge in [-0.2, -0.15) is 5.10 Å². The minimum Gasteiger partial charge on any atom is -0.493 e. The van der Waals surface area contributed by atoms with Crippen LogP contribution in [-0.2, 0) is 6.54 Å². The van der Waals surface area contributed by atoms with Crippen molar-refractivity contribution < 1.29 is 14.3 Å². The van der Waals surface area contributed by atoms with Gasteiger partial charge in [-0.3, -0.25) is 5.10 Å². The van der Waals surface area contributed by atoms with Crippen LogP contribution in [0.25, 0.3) is 0 Å². The Balaban J connectivity index is 1.95. The summed E-state index contributed by atoms with van der Waals surface area (Å²) < 4.78 is 11.1. The van der Waals surface area contributed by atoms with Crippen molar-refractivity contribution in [1.29, 1.82) is 0 Å². The number of carbonyl (C=O) groups is 1. The zero-order valence-electron chi connectivity index (χ0n) is 14.4. The molecule has 0 saturated carbocycles. The highest BCUT2D eigenvalue weighted by atomic mass is 16.5. The van der Waals surface area contributed by atoms with Crippen molar-refractivity contribution in [2.45, 2.75) is 39.5 Å². The molecule has 0 aliphatic heterocycles. The fraction of sp³-hybridized carbons (Fsp3) is 0.412. The van der Waals surface area contributed by atoms with Crippen LogP contribution in [0.2, 0.25) is 0 Å². The first kappa shape index (κ1) is 17.7. The number of H-pyrrole nitrogens is 1. The molecule has 1 aromatic carbocycles. The smallest absolute Gasteiger partial charge is 0.315 e. The van der Waals surface area contributed by atoms with Gasteiger partial charge in [0.05, 0.1) is 31.5 Å². The lowest BCUT2D eigenvalue weighted by Gasteiger charge is -2.18. The van der Waals surface area contributed by atoms with Gasteiger partial charge in [-0.25, -0.2) is 4.79 Å². The van der Waals surface area contributed by atoms with Gasteiger partial charge < -0.3 is 20.1 Å². The first-order chi connectivity index (χ1) is 11.5. The minimum atomic E-state index is -0.251. The molecule has 0 saturated heterocycles. The first-order valence-corrected chi connectivity index (χ1v) is 7.86. The van der Waals surface area contributed by atoms with Gasteiger partial charge in [0.2, 0.25) is 0 Å². The summed E-state index contributed by atoms with van der Waals surface area (Å²) in [4.78, 5) is 12.0. The van der Waals surface area contributed by atoms with E-state index in [2.05, 4.69) is 20.8 Å². The molecule has 0 aliphatic carbocycles. The first-order valence-electron chi connectivity index (χ1n) is 7.86. The van der Waals surface area contributed by atoms with Gasteiger partial charge in [0, 0.05) is 6.20 Å². The summed E-state index contributed by atoms with van der Waals surface area (Å²) >= 11 is 0. The Morgan fingerprint density at radius 2 is 2.04 bits per heavy atom. The van der Waals surface area contributed by atoms with E-state index in [4.69, 9.17) is 9.47 Å². The third kappa shape index (κ3) is 4.91. The van der Waals surface area contributed by atoms with Gasteiger partial charge in [-0.1, -0.05) is 6.07 Å². The number of rotatable bonds is 7. The predicted molar refractivity (Wildman–Crippen MR) is 91.1 cm³/mol. The van der Waals surface area contributed by atoms with Crippen LogP contribution in [0.3, 0.4) is 0 Å². The molecule has 3 N–H and O–H groups in total. The molecule has 2 aromatic rings. The average Bonchev–Trinajstić information content (AvgIpc) is 3.06. The maximum absolute atomic E-state index is 12.0. The number of ether oxygens (including phenoxy) is 2. The van der Waals surface area contributed by atoms with Crippen molar-refractivity contribution in [3.8, 4) is 11.5 Å². The normalized spacial score (nSPS) is 11.9. The second-order valence-corrected chi connectivity index (χ2v) is 5.71. The molecule has 0 spiro atoms. The van der Waals surface area contributed by atoms with Crippen LogP contribution < -0.4 is 20.1 Å². The number of amides is 2. The lowest BCUT2D eigenvalue weighted by molar-refractivity contribution is 0.230. The van der Waals surface area contributed by atoms with E-state index in [1.807, 2.05) is 45.0 Å². The Morgan fingerprint density at radius 1 is 1.25 bits per heavy atom. The molecule has 1 heterocycles. The van der Waals surface area contributed by atoms with Gasteiger partial charge >= 0.3 is 6.03 Å². The Morgan fingerprint density at radius 3 is 2.67 bits per heavy atom. The molecular weight excluding hydrogens is 308 g/mol. The van der Waals surface area contributed by atoms with Crippen molar-refractivity contribution in [3.63, 3.8) is 0 Å². The van der Waals surface area contributed by atoms with Crippen molar-refractivity contribution in [2.75, 3.05) is 7.11 Å². The Bertz CT molecular complexity index is 656. The number of carbonyl (C=O) groups excluding carboxylic acids is 1.